The monoisotopic (exact) mass is 231 g/mol. The zero-order chi connectivity index (χ0) is 10.6. The fourth-order valence-corrected chi connectivity index (χ4v) is 0.694. The molecule has 0 bridgehead atoms. The first kappa shape index (κ1) is 16.4. The fraction of sp³-hybridized carbons (Fsp3) is 0.500. The number of hydrogen-bond acceptors (Lipinski definition) is 4. The predicted molar refractivity (Wildman–Crippen MR) is 37.0 cm³/mol. The van der Waals surface area contributed by atoms with Crippen LogP contribution in [0.15, 0.2) is 0 Å². The van der Waals surface area contributed by atoms with Crippen molar-refractivity contribution in [3.8, 4) is 0 Å². The van der Waals surface area contributed by atoms with E-state index in [0.717, 1.165) is 0 Å². The number of rotatable bonds is 5. The first-order valence-electron chi connectivity index (χ1n) is 3.21. The van der Waals surface area contributed by atoms with Crippen molar-refractivity contribution in [1.82, 2.24) is 0 Å². The second-order valence-electron chi connectivity index (χ2n) is 2.33. The van der Waals surface area contributed by atoms with Crippen molar-refractivity contribution in [2.45, 2.75) is 12.5 Å². The maximum Gasteiger partial charge on any atom is 1.00 e. The van der Waals surface area contributed by atoms with Crippen LogP contribution in [-0.2, 0) is 14.4 Å². The van der Waals surface area contributed by atoms with Crippen molar-refractivity contribution >= 4 is 17.9 Å². The summed E-state index contributed by atoms with van der Waals surface area (Å²) >= 11 is 0. The molecule has 0 heterocycles. The Bertz CT molecular complexity index is 238. The molecule has 0 radical (unpaired) electrons. The molecule has 2 atom stereocenters. The van der Waals surface area contributed by atoms with Gasteiger partial charge in [0.25, 0.3) is 0 Å². The van der Waals surface area contributed by atoms with Gasteiger partial charge in [0.2, 0.25) is 0 Å². The Morgan fingerprint density at radius 2 is 1.43 bits per heavy atom. The molecule has 0 aromatic heterocycles. The molecular weight excluding hydrogens is 223 g/mol. The third kappa shape index (κ3) is 5.68. The van der Waals surface area contributed by atoms with Crippen molar-refractivity contribution in [2.75, 3.05) is 0 Å². The number of carboxylic acid groups (broad SMARTS) is 3. The summed E-state index contributed by atoms with van der Waals surface area (Å²) in [6, 6.07) is 0. The number of aliphatic hydroxyl groups is 1. The number of aliphatic hydroxyl groups excluding tert-OH is 1. The van der Waals surface area contributed by atoms with E-state index in [1.165, 1.54) is 0 Å². The summed E-state index contributed by atoms with van der Waals surface area (Å²) in [6.07, 6.45) is -3.13. The van der Waals surface area contributed by atoms with Gasteiger partial charge >= 0.3 is 69.3 Å². The van der Waals surface area contributed by atoms with E-state index in [0.29, 0.717) is 0 Å². The molecule has 0 saturated heterocycles. The summed E-state index contributed by atoms with van der Waals surface area (Å²) in [6.45, 7) is 0. The van der Waals surface area contributed by atoms with Gasteiger partial charge in [0.1, 0.15) is 5.92 Å². The van der Waals surface area contributed by atoms with E-state index in [1.807, 2.05) is 0 Å². The molecule has 0 fully saturated rings. The average Bonchev–Trinajstić information content (AvgIpc) is 1.97. The first-order chi connectivity index (χ1) is 5.86. The van der Waals surface area contributed by atoms with E-state index in [9.17, 15) is 14.4 Å². The van der Waals surface area contributed by atoms with Crippen molar-refractivity contribution < 1.29 is 86.2 Å². The fourth-order valence-electron chi connectivity index (χ4n) is 0.694. The minimum Gasteiger partial charge on any atom is -0.481 e. The number of hydrogen-bond donors (Lipinski definition) is 4. The van der Waals surface area contributed by atoms with Gasteiger partial charge in [-0.05, 0) is 0 Å². The molecule has 14 heavy (non-hydrogen) atoms. The van der Waals surface area contributed by atoms with Gasteiger partial charge in [-0.3, -0.25) is 9.59 Å². The largest absolute Gasteiger partial charge is 1.00 e. The van der Waals surface area contributed by atoms with Crippen molar-refractivity contribution in [2.24, 2.45) is 5.92 Å². The van der Waals surface area contributed by atoms with E-state index in [1.54, 1.807) is 0 Å². The van der Waals surface area contributed by atoms with E-state index in [2.05, 4.69) is 0 Å². The molecule has 0 aromatic carbocycles. The molecule has 0 amide bonds. The Balaban J connectivity index is 0. The predicted octanol–water partition coefficient (Wildman–Crippen LogP) is -4.39. The second-order valence-corrected chi connectivity index (χ2v) is 2.33. The Labute approximate surface area is 121 Å². The van der Waals surface area contributed by atoms with Crippen LogP contribution in [0.4, 0.5) is 0 Å². The average molecular weight is 231 g/mol. The molecule has 4 N–H and O–H groups in total. The summed E-state index contributed by atoms with van der Waals surface area (Å²) in [5.41, 5.74) is 0. The normalized spacial score (nSPS) is 13.5. The zero-order valence-corrected chi connectivity index (χ0v) is 10.5. The van der Waals surface area contributed by atoms with Crippen LogP contribution in [0.25, 0.3) is 0 Å². The molecule has 0 spiro atoms. The van der Waals surface area contributed by atoms with Crippen molar-refractivity contribution in [3.05, 3.63) is 0 Å². The van der Waals surface area contributed by atoms with Crippen molar-refractivity contribution in [1.29, 1.82) is 0 Å². The van der Waals surface area contributed by atoms with Crippen LogP contribution in [0.2, 0.25) is 0 Å². The summed E-state index contributed by atoms with van der Waals surface area (Å²) < 4.78 is 0. The number of carboxylic acids is 3. The molecule has 74 valence electrons. The summed E-state index contributed by atoms with van der Waals surface area (Å²) in [5, 5.41) is 33.5. The minimum atomic E-state index is -2.20. The SMILES string of the molecule is O=C(O)CC(C(=O)O)C(O)C(=O)O.[K+]. The van der Waals surface area contributed by atoms with Crippen LogP contribution >= 0.6 is 0 Å². The molecule has 0 aliphatic carbocycles. The van der Waals surface area contributed by atoms with Gasteiger partial charge < -0.3 is 20.4 Å². The van der Waals surface area contributed by atoms with Gasteiger partial charge in [0.15, 0.2) is 6.10 Å². The van der Waals surface area contributed by atoms with Crippen LogP contribution in [-0.4, -0.2) is 44.4 Å². The van der Waals surface area contributed by atoms with Crippen LogP contribution in [0.1, 0.15) is 6.42 Å². The molecule has 2 unspecified atom stereocenters. The standard InChI is InChI=1S/C6H8O7.K/c7-3(8)1-2(5(10)11)4(9)6(12)13;/h2,4,9H,1H2,(H,7,8)(H,10,11)(H,12,13);/q;+1. The maximum absolute atomic E-state index is 10.3. The molecule has 0 aliphatic rings. The molecule has 8 heteroatoms. The molecule has 0 aromatic rings. The van der Waals surface area contributed by atoms with Gasteiger partial charge in [-0.25, -0.2) is 4.79 Å². The van der Waals surface area contributed by atoms with Crippen LogP contribution < -0.4 is 51.4 Å². The molecular formula is C6H8KO7+. The van der Waals surface area contributed by atoms with Gasteiger partial charge in [0.05, 0.1) is 6.42 Å². The Morgan fingerprint density at radius 3 is 1.64 bits per heavy atom. The minimum absolute atomic E-state index is 0. The van der Waals surface area contributed by atoms with Gasteiger partial charge in [-0.15, -0.1) is 0 Å². The molecule has 7 nitrogen and oxygen atoms in total. The smallest absolute Gasteiger partial charge is 0.481 e. The zero-order valence-electron chi connectivity index (χ0n) is 7.38. The Hall–Kier alpha value is 0.00636. The third-order valence-corrected chi connectivity index (χ3v) is 1.35. The Kier molecular flexibility index (Phi) is 8.59. The molecule has 0 aliphatic heterocycles. The summed E-state index contributed by atoms with van der Waals surface area (Å²) in [4.78, 5) is 30.5. The van der Waals surface area contributed by atoms with Gasteiger partial charge in [-0.2, -0.15) is 0 Å². The number of carbonyl (C=O) groups is 3. The van der Waals surface area contributed by atoms with E-state index in [4.69, 9.17) is 20.4 Å². The van der Waals surface area contributed by atoms with Crippen LogP contribution in [0.3, 0.4) is 0 Å². The summed E-state index contributed by atoms with van der Waals surface area (Å²) in [5.74, 6) is -6.71. The van der Waals surface area contributed by atoms with Gasteiger partial charge in [-0.1, -0.05) is 0 Å². The van der Waals surface area contributed by atoms with Crippen LogP contribution in [0.5, 0.6) is 0 Å². The van der Waals surface area contributed by atoms with Crippen molar-refractivity contribution in [3.63, 3.8) is 0 Å². The van der Waals surface area contributed by atoms with E-state index >= 15 is 0 Å². The molecule has 0 saturated carbocycles. The third-order valence-electron chi connectivity index (χ3n) is 1.35. The quantitative estimate of drug-likeness (QED) is 0.351. The molecule has 0 rings (SSSR count). The first-order valence-corrected chi connectivity index (χ1v) is 3.21. The van der Waals surface area contributed by atoms with E-state index in [-0.39, 0.29) is 51.4 Å². The maximum atomic E-state index is 10.3. The summed E-state index contributed by atoms with van der Waals surface area (Å²) in [7, 11) is 0. The number of aliphatic carboxylic acids is 3. The van der Waals surface area contributed by atoms with Crippen LogP contribution in [0, 0.1) is 5.92 Å². The van der Waals surface area contributed by atoms with E-state index < -0.39 is 36.4 Å². The van der Waals surface area contributed by atoms with Gasteiger partial charge in [0, 0.05) is 0 Å². The second kappa shape index (κ2) is 7.32. The topological polar surface area (TPSA) is 132 Å². The Morgan fingerprint density at radius 1 is 1.00 bits per heavy atom.